The van der Waals surface area contributed by atoms with Gasteiger partial charge in [0, 0.05) is 23.3 Å². The molecule has 184 valence electrons. The quantitative estimate of drug-likeness (QED) is 0.274. The van der Waals surface area contributed by atoms with Crippen LogP contribution < -0.4 is 4.74 Å². The van der Waals surface area contributed by atoms with Crippen LogP contribution in [0.4, 0.5) is 0 Å². The molecule has 0 atom stereocenters. The van der Waals surface area contributed by atoms with Gasteiger partial charge in [0.15, 0.2) is 0 Å². The zero-order valence-electron chi connectivity index (χ0n) is 22.2. The largest absolute Gasteiger partial charge is 0.494 e. The molecule has 3 heteroatoms. The number of carbonyl (C=O) groups is 1. The number of hydrogen-bond donors (Lipinski definition) is 0. The van der Waals surface area contributed by atoms with Crippen LogP contribution in [0.15, 0.2) is 73.4 Å². The Kier molecular flexibility index (Phi) is 5.70. The summed E-state index contributed by atoms with van der Waals surface area (Å²) < 4.78 is 7.41. The van der Waals surface area contributed by atoms with Gasteiger partial charge in [0.1, 0.15) is 11.4 Å². The molecule has 2 aromatic heterocycles. The summed E-state index contributed by atoms with van der Waals surface area (Å²) in [6.45, 7) is 16.1. The van der Waals surface area contributed by atoms with Gasteiger partial charge in [0.25, 0.3) is 0 Å². The number of ether oxygens (including phenoxy) is 1. The number of rotatable bonds is 5. The zero-order chi connectivity index (χ0) is 25.8. The Morgan fingerprint density at radius 1 is 0.889 bits per heavy atom. The van der Waals surface area contributed by atoms with E-state index in [2.05, 4.69) is 53.3 Å². The first kappa shape index (κ1) is 24.1. The predicted octanol–water partition coefficient (Wildman–Crippen LogP) is 7.90. The fraction of sp³-hybridized carbons (Fsp3) is 0.303. The van der Waals surface area contributed by atoms with Crippen molar-refractivity contribution in [3.8, 4) is 5.75 Å². The summed E-state index contributed by atoms with van der Waals surface area (Å²) in [5.74, 6) is 0.513. The molecule has 0 fully saturated rings. The number of ketones is 1. The fourth-order valence-electron chi connectivity index (χ4n) is 5.64. The second-order valence-corrected chi connectivity index (χ2v) is 11.4. The smallest absolute Gasteiger partial charge is 0.213 e. The number of aromatic nitrogens is 1. The second-order valence-electron chi connectivity index (χ2n) is 11.4. The molecule has 0 radical (unpaired) electrons. The molecule has 3 nitrogen and oxygen atoms in total. The van der Waals surface area contributed by atoms with Crippen LogP contribution in [0.5, 0.6) is 5.75 Å². The molecule has 0 bridgehead atoms. The van der Waals surface area contributed by atoms with Gasteiger partial charge in [-0.25, -0.2) is 0 Å². The minimum Gasteiger partial charge on any atom is -0.494 e. The van der Waals surface area contributed by atoms with Gasteiger partial charge in [-0.1, -0.05) is 76.7 Å². The summed E-state index contributed by atoms with van der Waals surface area (Å²) in [6, 6.07) is 20.3. The van der Waals surface area contributed by atoms with E-state index in [1.165, 1.54) is 35.1 Å². The number of methoxy groups -OCH3 is 1. The van der Waals surface area contributed by atoms with Gasteiger partial charge >= 0.3 is 0 Å². The molecule has 36 heavy (non-hydrogen) atoms. The number of benzene rings is 2. The summed E-state index contributed by atoms with van der Waals surface area (Å²) in [4.78, 5) is 13.5. The van der Waals surface area contributed by atoms with E-state index in [0.29, 0.717) is 17.0 Å². The lowest BCUT2D eigenvalue weighted by molar-refractivity contribution is 0.103. The Hall–Kier alpha value is -3.59. The Balaban J connectivity index is 1.49. The van der Waals surface area contributed by atoms with E-state index >= 15 is 0 Å². The fourth-order valence-corrected chi connectivity index (χ4v) is 5.64. The molecular formula is C33H35NO2. The Bertz CT molecular complexity index is 1500. The maximum atomic E-state index is 13.5. The molecule has 2 heterocycles. The van der Waals surface area contributed by atoms with Crippen molar-refractivity contribution >= 4 is 16.9 Å². The van der Waals surface area contributed by atoms with Gasteiger partial charge in [-0.05, 0) is 76.1 Å². The first-order chi connectivity index (χ1) is 17.0. The molecule has 5 rings (SSSR count). The minimum atomic E-state index is -0.0656. The standard InChI is InChI=1S/C33H35NO2/c1-21-18-27-28(33(5,6)16-15-32(27,3)4)20-26(21)22(2)23-11-13-24(14-12-23)31(35)30-29(36-7)19-25-10-8-9-17-34(25)30/h8-14,17-20H,2,15-16H2,1,3-7H3. The Morgan fingerprint density at radius 3 is 2.14 bits per heavy atom. The highest BCUT2D eigenvalue weighted by Gasteiger charge is 2.37. The lowest BCUT2D eigenvalue weighted by Gasteiger charge is -2.42. The van der Waals surface area contributed by atoms with E-state index < -0.39 is 0 Å². The second kappa shape index (κ2) is 8.51. The summed E-state index contributed by atoms with van der Waals surface area (Å²) in [5.41, 5.74) is 9.73. The Labute approximate surface area is 214 Å². The molecular weight excluding hydrogens is 442 g/mol. The van der Waals surface area contributed by atoms with Crippen LogP contribution in [0, 0.1) is 6.92 Å². The molecule has 2 aromatic carbocycles. The third kappa shape index (κ3) is 3.87. The van der Waals surface area contributed by atoms with E-state index in [4.69, 9.17) is 4.74 Å². The van der Waals surface area contributed by atoms with E-state index in [-0.39, 0.29) is 16.6 Å². The highest BCUT2D eigenvalue weighted by atomic mass is 16.5. The number of pyridine rings is 1. The van der Waals surface area contributed by atoms with Crippen molar-refractivity contribution in [3.63, 3.8) is 0 Å². The average Bonchev–Trinajstić information content (AvgIpc) is 3.24. The van der Waals surface area contributed by atoms with E-state index in [9.17, 15) is 4.79 Å². The SMILES string of the molecule is C=C(c1ccc(C(=O)c2c(OC)cc3ccccn23)cc1)c1cc2c(cc1C)C(C)(C)CCC2(C)C. The van der Waals surface area contributed by atoms with E-state index in [1.54, 1.807) is 7.11 Å². The molecule has 1 aliphatic carbocycles. The van der Waals surface area contributed by atoms with Crippen molar-refractivity contribution in [2.45, 2.75) is 58.3 Å². The number of hydrogen-bond acceptors (Lipinski definition) is 2. The normalized spacial score (nSPS) is 15.9. The van der Waals surface area contributed by atoms with Crippen molar-refractivity contribution < 1.29 is 9.53 Å². The van der Waals surface area contributed by atoms with Gasteiger partial charge < -0.3 is 9.14 Å². The first-order valence-corrected chi connectivity index (χ1v) is 12.7. The third-order valence-electron chi connectivity index (χ3n) is 8.10. The maximum Gasteiger partial charge on any atom is 0.213 e. The maximum absolute atomic E-state index is 13.5. The van der Waals surface area contributed by atoms with Crippen LogP contribution >= 0.6 is 0 Å². The van der Waals surface area contributed by atoms with Gasteiger partial charge in [0.05, 0.1) is 7.11 Å². The molecule has 1 aliphatic rings. The van der Waals surface area contributed by atoms with Crippen LogP contribution in [0.2, 0.25) is 0 Å². The van der Waals surface area contributed by atoms with Crippen molar-refractivity contribution in [2.24, 2.45) is 0 Å². The lowest BCUT2D eigenvalue weighted by atomic mass is 9.62. The first-order valence-electron chi connectivity index (χ1n) is 12.7. The summed E-state index contributed by atoms with van der Waals surface area (Å²) in [7, 11) is 1.60. The van der Waals surface area contributed by atoms with E-state index in [1.807, 2.05) is 59.1 Å². The van der Waals surface area contributed by atoms with Crippen LogP contribution in [0.1, 0.15) is 84.4 Å². The lowest BCUT2D eigenvalue weighted by Crippen LogP contribution is -2.34. The summed E-state index contributed by atoms with van der Waals surface area (Å²) in [5, 5.41) is 0. The van der Waals surface area contributed by atoms with Gasteiger partial charge in [-0.15, -0.1) is 0 Å². The molecule has 0 aliphatic heterocycles. The van der Waals surface area contributed by atoms with Crippen LogP contribution in [-0.2, 0) is 10.8 Å². The molecule has 4 aromatic rings. The minimum absolute atomic E-state index is 0.0656. The van der Waals surface area contributed by atoms with Gasteiger partial charge in [-0.2, -0.15) is 0 Å². The monoisotopic (exact) mass is 477 g/mol. The zero-order valence-corrected chi connectivity index (χ0v) is 22.2. The van der Waals surface area contributed by atoms with Crippen molar-refractivity contribution in [1.82, 2.24) is 4.40 Å². The molecule has 0 spiro atoms. The molecule has 0 unspecified atom stereocenters. The van der Waals surface area contributed by atoms with Crippen LogP contribution in [0.3, 0.4) is 0 Å². The van der Waals surface area contributed by atoms with E-state index in [0.717, 1.165) is 16.7 Å². The number of nitrogens with zero attached hydrogens (tertiary/aromatic N) is 1. The van der Waals surface area contributed by atoms with Crippen molar-refractivity contribution in [2.75, 3.05) is 7.11 Å². The highest BCUT2D eigenvalue weighted by Crippen LogP contribution is 2.47. The van der Waals surface area contributed by atoms with Gasteiger partial charge in [0.2, 0.25) is 5.78 Å². The predicted molar refractivity (Wildman–Crippen MR) is 148 cm³/mol. The third-order valence-corrected chi connectivity index (χ3v) is 8.10. The van der Waals surface area contributed by atoms with Crippen LogP contribution in [-0.4, -0.2) is 17.3 Å². The van der Waals surface area contributed by atoms with Crippen molar-refractivity contribution in [3.05, 3.63) is 113 Å². The topological polar surface area (TPSA) is 30.7 Å². The Morgan fingerprint density at radius 2 is 1.50 bits per heavy atom. The van der Waals surface area contributed by atoms with Crippen molar-refractivity contribution in [1.29, 1.82) is 0 Å². The molecule has 0 saturated heterocycles. The number of fused-ring (bicyclic) bond motifs is 2. The number of aryl methyl sites for hydroxylation is 1. The van der Waals surface area contributed by atoms with Gasteiger partial charge in [-0.3, -0.25) is 4.79 Å². The average molecular weight is 478 g/mol. The summed E-state index contributed by atoms with van der Waals surface area (Å²) >= 11 is 0. The highest BCUT2D eigenvalue weighted by molar-refractivity contribution is 6.10. The molecule has 0 N–H and O–H groups in total. The molecule has 0 saturated carbocycles. The molecule has 0 amide bonds. The summed E-state index contributed by atoms with van der Waals surface area (Å²) in [6.07, 6.45) is 4.27. The number of carbonyl (C=O) groups excluding carboxylic acids is 1. The van der Waals surface area contributed by atoms with Crippen LogP contribution in [0.25, 0.3) is 11.1 Å².